The number of benzene rings is 2. The first-order valence-electron chi connectivity index (χ1n) is 7.49. The first-order valence-corrected chi connectivity index (χ1v) is 7.49. The molecule has 0 atom stereocenters. The second-order valence-electron chi connectivity index (χ2n) is 5.40. The Hall–Kier alpha value is -2.10. The lowest BCUT2D eigenvalue weighted by atomic mass is 10.0. The normalized spacial score (nSPS) is 12.0. The number of rotatable bonds is 5. The van der Waals surface area contributed by atoms with Gasteiger partial charge in [-0.2, -0.15) is 13.2 Å². The minimum absolute atomic E-state index is 0.0420. The van der Waals surface area contributed by atoms with E-state index >= 15 is 0 Å². The van der Waals surface area contributed by atoms with Gasteiger partial charge in [0.25, 0.3) is 0 Å². The minimum Gasteiger partial charge on any atom is -0.206 e. The Morgan fingerprint density at radius 2 is 1.43 bits per heavy atom. The molecule has 0 nitrogen and oxygen atoms in total. The van der Waals surface area contributed by atoms with Crippen LogP contribution >= 0.6 is 0 Å². The maximum atomic E-state index is 13.8. The summed E-state index contributed by atoms with van der Waals surface area (Å²) >= 11 is 0. The summed E-state index contributed by atoms with van der Waals surface area (Å²) in [6.45, 7) is 2.09. The molecular formula is C19H18F4. The number of halogens is 4. The van der Waals surface area contributed by atoms with Crippen LogP contribution in [-0.4, -0.2) is 6.18 Å². The van der Waals surface area contributed by atoms with Crippen molar-refractivity contribution in [1.29, 1.82) is 0 Å². The van der Waals surface area contributed by atoms with Crippen molar-refractivity contribution in [1.82, 2.24) is 0 Å². The Morgan fingerprint density at radius 1 is 0.870 bits per heavy atom. The van der Waals surface area contributed by atoms with Gasteiger partial charge >= 0.3 is 6.18 Å². The fourth-order valence-electron chi connectivity index (χ4n) is 2.28. The Kier molecular flexibility index (Phi) is 5.59. The highest BCUT2D eigenvalue weighted by Crippen LogP contribution is 2.20. The van der Waals surface area contributed by atoms with Crippen LogP contribution in [0.5, 0.6) is 0 Å². The van der Waals surface area contributed by atoms with Gasteiger partial charge in [0.15, 0.2) is 0 Å². The van der Waals surface area contributed by atoms with Crippen LogP contribution in [0, 0.1) is 5.82 Å². The van der Waals surface area contributed by atoms with Gasteiger partial charge in [0.1, 0.15) is 5.82 Å². The Morgan fingerprint density at radius 3 is 2.00 bits per heavy atom. The fourth-order valence-corrected chi connectivity index (χ4v) is 2.28. The third-order valence-electron chi connectivity index (χ3n) is 3.65. The molecule has 0 aliphatic rings. The summed E-state index contributed by atoms with van der Waals surface area (Å²) in [5.74, 6) is -0.635. The Bertz CT molecular complexity index is 667. The van der Waals surface area contributed by atoms with Gasteiger partial charge < -0.3 is 0 Å². The van der Waals surface area contributed by atoms with Crippen molar-refractivity contribution in [3.63, 3.8) is 0 Å². The van der Waals surface area contributed by atoms with E-state index in [4.69, 9.17) is 0 Å². The zero-order valence-electron chi connectivity index (χ0n) is 12.8. The van der Waals surface area contributed by atoms with Crippen molar-refractivity contribution < 1.29 is 17.6 Å². The molecule has 0 bridgehead atoms. The second-order valence-corrected chi connectivity index (χ2v) is 5.40. The summed E-state index contributed by atoms with van der Waals surface area (Å²) in [5.41, 5.74) is 3.13. The van der Waals surface area contributed by atoms with Gasteiger partial charge in [0.2, 0.25) is 0 Å². The number of hydrogen-bond acceptors (Lipinski definition) is 0. The molecule has 0 aliphatic heterocycles. The van der Waals surface area contributed by atoms with Gasteiger partial charge in [0.05, 0.1) is 0 Å². The van der Waals surface area contributed by atoms with Gasteiger partial charge in [-0.15, -0.1) is 0 Å². The van der Waals surface area contributed by atoms with Gasteiger partial charge in [-0.1, -0.05) is 43.3 Å². The lowest BCUT2D eigenvalue weighted by molar-refractivity contribution is -0.0790. The summed E-state index contributed by atoms with van der Waals surface area (Å²) in [7, 11) is 0. The fraction of sp³-hybridized carbons (Fsp3) is 0.263. The molecule has 0 N–H and O–H groups in total. The standard InChI is InChI=1S/C19H18F4/c1-2-14-3-5-15(6-4-14)7-8-16-9-10-17(18(20)13-16)11-12-19(21,22)23/h3-6,9-13H,2,7-8H2,1H3/b12-11+. The molecule has 0 aromatic heterocycles. The van der Waals surface area contributed by atoms with Crippen molar-refractivity contribution in [3.05, 3.63) is 76.6 Å². The van der Waals surface area contributed by atoms with E-state index in [0.29, 0.717) is 6.42 Å². The maximum absolute atomic E-state index is 13.8. The smallest absolute Gasteiger partial charge is 0.206 e. The zero-order valence-corrected chi connectivity index (χ0v) is 12.8. The van der Waals surface area contributed by atoms with E-state index in [1.54, 1.807) is 6.07 Å². The van der Waals surface area contributed by atoms with Crippen molar-refractivity contribution in [2.45, 2.75) is 32.4 Å². The van der Waals surface area contributed by atoms with Crippen LogP contribution in [0.3, 0.4) is 0 Å². The summed E-state index contributed by atoms with van der Waals surface area (Å²) in [4.78, 5) is 0. The average molecular weight is 322 g/mol. The monoisotopic (exact) mass is 322 g/mol. The molecule has 0 unspecified atom stereocenters. The predicted octanol–water partition coefficient (Wildman–Crippen LogP) is 5.75. The molecule has 0 fully saturated rings. The van der Waals surface area contributed by atoms with Gasteiger partial charge in [0, 0.05) is 11.6 Å². The van der Waals surface area contributed by atoms with E-state index in [2.05, 4.69) is 31.2 Å². The molecule has 0 saturated heterocycles. The first kappa shape index (κ1) is 17.3. The molecule has 2 aromatic rings. The van der Waals surface area contributed by atoms with E-state index in [1.165, 1.54) is 17.7 Å². The molecule has 0 aliphatic carbocycles. The zero-order chi connectivity index (χ0) is 16.9. The van der Waals surface area contributed by atoms with E-state index in [9.17, 15) is 17.6 Å². The minimum atomic E-state index is -4.43. The summed E-state index contributed by atoms with van der Waals surface area (Å²) in [6.07, 6.45) is -1.25. The topological polar surface area (TPSA) is 0 Å². The van der Waals surface area contributed by atoms with E-state index in [1.807, 2.05) is 0 Å². The highest BCUT2D eigenvalue weighted by molar-refractivity contribution is 5.51. The summed E-state index contributed by atoms with van der Waals surface area (Å²) in [6, 6.07) is 12.6. The van der Waals surface area contributed by atoms with E-state index in [-0.39, 0.29) is 11.6 Å². The molecule has 122 valence electrons. The maximum Gasteiger partial charge on any atom is 0.409 e. The lowest BCUT2D eigenvalue weighted by Crippen LogP contribution is -2.00. The molecule has 0 radical (unpaired) electrons. The van der Waals surface area contributed by atoms with Crippen molar-refractivity contribution >= 4 is 6.08 Å². The van der Waals surface area contributed by atoms with Crippen LogP contribution in [0.2, 0.25) is 0 Å². The van der Waals surface area contributed by atoms with E-state index < -0.39 is 12.0 Å². The van der Waals surface area contributed by atoms with Crippen LogP contribution < -0.4 is 0 Å². The van der Waals surface area contributed by atoms with Crippen molar-refractivity contribution in [3.8, 4) is 0 Å². The third-order valence-corrected chi connectivity index (χ3v) is 3.65. The Labute approximate surface area is 133 Å². The number of hydrogen-bond donors (Lipinski definition) is 0. The molecule has 0 heterocycles. The molecule has 2 aromatic carbocycles. The summed E-state index contributed by atoms with van der Waals surface area (Å²) < 4.78 is 50.1. The van der Waals surface area contributed by atoms with Crippen LogP contribution in [0.1, 0.15) is 29.2 Å². The van der Waals surface area contributed by atoms with Crippen LogP contribution in [0.15, 0.2) is 48.5 Å². The quantitative estimate of drug-likeness (QED) is 0.615. The largest absolute Gasteiger partial charge is 0.409 e. The van der Waals surface area contributed by atoms with Gasteiger partial charge in [-0.05, 0) is 48.1 Å². The molecule has 2 rings (SSSR count). The van der Waals surface area contributed by atoms with Gasteiger partial charge in [-0.3, -0.25) is 0 Å². The second kappa shape index (κ2) is 7.44. The third kappa shape index (κ3) is 5.55. The van der Waals surface area contributed by atoms with Crippen LogP contribution in [0.25, 0.3) is 6.08 Å². The number of allylic oxidation sites excluding steroid dienone is 1. The SMILES string of the molecule is CCc1ccc(CCc2ccc(/C=C/C(F)(F)F)c(F)c2)cc1. The van der Waals surface area contributed by atoms with Crippen LogP contribution in [0.4, 0.5) is 17.6 Å². The van der Waals surface area contributed by atoms with E-state index in [0.717, 1.165) is 30.0 Å². The number of aryl methyl sites for hydroxylation is 3. The molecule has 0 spiro atoms. The predicted molar refractivity (Wildman–Crippen MR) is 84.7 cm³/mol. The summed E-state index contributed by atoms with van der Waals surface area (Å²) in [5, 5.41) is 0. The van der Waals surface area contributed by atoms with Gasteiger partial charge in [-0.25, -0.2) is 4.39 Å². The highest BCUT2D eigenvalue weighted by atomic mass is 19.4. The van der Waals surface area contributed by atoms with Crippen molar-refractivity contribution in [2.75, 3.05) is 0 Å². The molecular weight excluding hydrogens is 304 g/mol. The number of alkyl halides is 3. The first-order chi connectivity index (χ1) is 10.9. The molecule has 4 heteroatoms. The highest BCUT2D eigenvalue weighted by Gasteiger charge is 2.22. The van der Waals surface area contributed by atoms with Crippen molar-refractivity contribution in [2.24, 2.45) is 0 Å². The molecule has 23 heavy (non-hydrogen) atoms. The molecule has 0 amide bonds. The Balaban J connectivity index is 2.01. The molecule has 0 saturated carbocycles. The lowest BCUT2D eigenvalue weighted by Gasteiger charge is -2.06. The average Bonchev–Trinajstić information content (AvgIpc) is 2.51. The van der Waals surface area contributed by atoms with Crippen LogP contribution in [-0.2, 0) is 19.3 Å².